The van der Waals surface area contributed by atoms with Crippen molar-refractivity contribution in [3.63, 3.8) is 0 Å². The topological polar surface area (TPSA) is 50.9 Å². The summed E-state index contributed by atoms with van der Waals surface area (Å²) in [5.74, 6) is 0.962. The van der Waals surface area contributed by atoms with Crippen molar-refractivity contribution in [3.8, 4) is 0 Å². The van der Waals surface area contributed by atoms with E-state index in [4.69, 9.17) is 5.73 Å². The normalized spacial score (nSPS) is 24.6. The summed E-state index contributed by atoms with van der Waals surface area (Å²) in [6.45, 7) is 2.02. The molecule has 0 radical (unpaired) electrons. The number of aryl methyl sites for hydroxylation is 1. The summed E-state index contributed by atoms with van der Waals surface area (Å²) in [4.78, 5) is 4.34. The molecule has 2 rings (SSSR count). The van der Waals surface area contributed by atoms with Crippen LogP contribution in [0, 0.1) is 6.92 Å². The van der Waals surface area contributed by atoms with Gasteiger partial charge in [0.15, 0.2) is 0 Å². The minimum atomic E-state index is 0.566. The Kier molecular flexibility index (Phi) is 4.15. The van der Waals surface area contributed by atoms with Gasteiger partial charge in [0, 0.05) is 11.3 Å². The predicted octanol–water partition coefficient (Wildman–Crippen LogP) is 3.06. The van der Waals surface area contributed by atoms with Crippen LogP contribution in [-0.4, -0.2) is 22.5 Å². The average molecular weight is 251 g/mol. The Morgan fingerprint density at radius 1 is 1.47 bits per heavy atom. The van der Waals surface area contributed by atoms with Crippen molar-refractivity contribution >= 4 is 23.3 Å². The van der Waals surface area contributed by atoms with E-state index in [2.05, 4.69) is 16.6 Å². The summed E-state index contributed by atoms with van der Waals surface area (Å²) in [5.41, 5.74) is 7.63. The Balaban J connectivity index is 1.97. The quantitative estimate of drug-likeness (QED) is 0.867. The molecule has 17 heavy (non-hydrogen) atoms. The Hall–Kier alpha value is -0.900. The molecular weight excluding hydrogens is 230 g/mol. The first-order valence-corrected chi connectivity index (χ1v) is 7.49. The maximum absolute atomic E-state index is 5.77. The number of rotatable bonds is 3. The Labute approximate surface area is 108 Å². The molecule has 0 amide bonds. The van der Waals surface area contributed by atoms with Crippen LogP contribution < -0.4 is 11.1 Å². The molecule has 2 unspecified atom stereocenters. The molecule has 3 N–H and O–H groups in total. The van der Waals surface area contributed by atoms with Gasteiger partial charge in [0.1, 0.15) is 5.82 Å². The van der Waals surface area contributed by atoms with Gasteiger partial charge in [-0.3, -0.25) is 0 Å². The smallest absolute Gasteiger partial charge is 0.126 e. The van der Waals surface area contributed by atoms with Crippen molar-refractivity contribution in [1.82, 2.24) is 4.98 Å². The molecule has 2 atom stereocenters. The second-order valence-electron chi connectivity index (χ2n) is 4.79. The number of nitrogen functional groups attached to an aromatic ring is 1. The molecule has 0 aliphatic heterocycles. The van der Waals surface area contributed by atoms with Crippen LogP contribution in [0.15, 0.2) is 12.3 Å². The molecule has 1 aliphatic rings. The third-order valence-electron chi connectivity index (χ3n) is 3.46. The van der Waals surface area contributed by atoms with Crippen molar-refractivity contribution in [2.24, 2.45) is 0 Å². The van der Waals surface area contributed by atoms with Crippen LogP contribution >= 0.6 is 11.8 Å². The summed E-state index contributed by atoms with van der Waals surface area (Å²) in [5, 5.41) is 4.34. The molecule has 0 spiro atoms. The van der Waals surface area contributed by atoms with Gasteiger partial charge in [0.25, 0.3) is 0 Å². The first-order chi connectivity index (χ1) is 8.19. The molecular formula is C13H21N3S. The second kappa shape index (κ2) is 5.63. The minimum absolute atomic E-state index is 0.566. The van der Waals surface area contributed by atoms with Crippen LogP contribution in [0.1, 0.15) is 31.2 Å². The highest BCUT2D eigenvalue weighted by molar-refractivity contribution is 7.99. The summed E-state index contributed by atoms with van der Waals surface area (Å²) in [7, 11) is 0. The van der Waals surface area contributed by atoms with Gasteiger partial charge in [-0.1, -0.05) is 6.42 Å². The molecule has 1 saturated carbocycles. The molecule has 1 fully saturated rings. The molecule has 1 aliphatic carbocycles. The Morgan fingerprint density at radius 2 is 2.29 bits per heavy atom. The number of anilines is 2. The SMILES string of the molecule is CSC1CCCC(Nc2cc(C)c(N)cn2)C1. The molecule has 0 saturated heterocycles. The van der Waals surface area contributed by atoms with E-state index in [1.54, 1.807) is 6.20 Å². The molecule has 4 heteroatoms. The fourth-order valence-electron chi connectivity index (χ4n) is 2.34. The molecule has 3 nitrogen and oxygen atoms in total. The van der Waals surface area contributed by atoms with Crippen LogP contribution in [0.5, 0.6) is 0 Å². The number of hydrogen-bond acceptors (Lipinski definition) is 4. The van der Waals surface area contributed by atoms with E-state index in [9.17, 15) is 0 Å². The maximum Gasteiger partial charge on any atom is 0.126 e. The van der Waals surface area contributed by atoms with Gasteiger partial charge < -0.3 is 11.1 Å². The van der Waals surface area contributed by atoms with E-state index in [1.165, 1.54) is 25.7 Å². The lowest BCUT2D eigenvalue weighted by atomic mass is 9.95. The Bertz CT molecular complexity index is 381. The summed E-state index contributed by atoms with van der Waals surface area (Å²) < 4.78 is 0. The molecule has 1 heterocycles. The molecule has 1 aromatic rings. The van der Waals surface area contributed by atoms with Crippen LogP contribution in [0.4, 0.5) is 11.5 Å². The summed E-state index contributed by atoms with van der Waals surface area (Å²) >= 11 is 1.99. The highest BCUT2D eigenvalue weighted by atomic mass is 32.2. The lowest BCUT2D eigenvalue weighted by Crippen LogP contribution is -2.28. The zero-order valence-corrected chi connectivity index (χ0v) is 11.4. The molecule has 0 aromatic carbocycles. The van der Waals surface area contributed by atoms with Gasteiger partial charge in [-0.15, -0.1) is 0 Å². The number of nitrogens with one attached hydrogen (secondary N) is 1. The predicted molar refractivity (Wildman–Crippen MR) is 76.6 cm³/mol. The molecule has 0 bridgehead atoms. The number of nitrogens with two attached hydrogens (primary N) is 1. The maximum atomic E-state index is 5.77. The Morgan fingerprint density at radius 3 is 3.00 bits per heavy atom. The number of nitrogens with zero attached hydrogens (tertiary/aromatic N) is 1. The third-order valence-corrected chi connectivity index (χ3v) is 4.56. The number of aromatic nitrogens is 1. The van der Waals surface area contributed by atoms with E-state index < -0.39 is 0 Å². The van der Waals surface area contributed by atoms with E-state index >= 15 is 0 Å². The minimum Gasteiger partial charge on any atom is -0.397 e. The standard InChI is InChI=1S/C13H21N3S/c1-9-6-13(15-8-12(9)14)16-10-4-3-5-11(7-10)17-2/h6,8,10-11H,3-5,7,14H2,1-2H3,(H,15,16). The average Bonchev–Trinajstić information content (AvgIpc) is 2.34. The van der Waals surface area contributed by atoms with Crippen LogP contribution in [0.2, 0.25) is 0 Å². The van der Waals surface area contributed by atoms with E-state index in [1.807, 2.05) is 24.8 Å². The van der Waals surface area contributed by atoms with Crippen molar-refractivity contribution in [2.45, 2.75) is 43.9 Å². The van der Waals surface area contributed by atoms with Crippen molar-refractivity contribution in [1.29, 1.82) is 0 Å². The monoisotopic (exact) mass is 251 g/mol. The third kappa shape index (κ3) is 3.28. The van der Waals surface area contributed by atoms with E-state index in [-0.39, 0.29) is 0 Å². The van der Waals surface area contributed by atoms with Crippen LogP contribution in [0.3, 0.4) is 0 Å². The first-order valence-electron chi connectivity index (χ1n) is 6.20. The van der Waals surface area contributed by atoms with Gasteiger partial charge in [0.05, 0.1) is 11.9 Å². The first kappa shape index (κ1) is 12.6. The summed E-state index contributed by atoms with van der Waals surface area (Å²) in [6, 6.07) is 2.61. The van der Waals surface area contributed by atoms with Gasteiger partial charge >= 0.3 is 0 Å². The fourth-order valence-corrected chi connectivity index (χ4v) is 3.17. The lowest BCUT2D eigenvalue weighted by Gasteiger charge is -2.29. The van der Waals surface area contributed by atoms with Crippen molar-refractivity contribution in [2.75, 3.05) is 17.3 Å². The highest BCUT2D eigenvalue weighted by Gasteiger charge is 2.21. The van der Waals surface area contributed by atoms with Gasteiger partial charge in [0.2, 0.25) is 0 Å². The largest absolute Gasteiger partial charge is 0.397 e. The zero-order chi connectivity index (χ0) is 12.3. The van der Waals surface area contributed by atoms with Crippen molar-refractivity contribution in [3.05, 3.63) is 17.8 Å². The second-order valence-corrected chi connectivity index (χ2v) is 5.93. The lowest BCUT2D eigenvalue weighted by molar-refractivity contribution is 0.473. The van der Waals surface area contributed by atoms with Crippen LogP contribution in [0.25, 0.3) is 0 Å². The number of thioether (sulfide) groups is 1. The van der Waals surface area contributed by atoms with E-state index in [0.717, 1.165) is 22.3 Å². The summed E-state index contributed by atoms with van der Waals surface area (Å²) in [6.07, 6.45) is 9.12. The molecule has 94 valence electrons. The van der Waals surface area contributed by atoms with Crippen molar-refractivity contribution < 1.29 is 0 Å². The number of hydrogen-bond donors (Lipinski definition) is 2. The van der Waals surface area contributed by atoms with Gasteiger partial charge in [-0.25, -0.2) is 4.98 Å². The number of pyridine rings is 1. The highest BCUT2D eigenvalue weighted by Crippen LogP contribution is 2.28. The molecule has 1 aromatic heterocycles. The zero-order valence-electron chi connectivity index (χ0n) is 10.6. The van der Waals surface area contributed by atoms with E-state index in [0.29, 0.717) is 6.04 Å². The van der Waals surface area contributed by atoms with Crippen LogP contribution in [-0.2, 0) is 0 Å². The fraction of sp³-hybridized carbons (Fsp3) is 0.615. The van der Waals surface area contributed by atoms with Gasteiger partial charge in [-0.2, -0.15) is 11.8 Å². The van der Waals surface area contributed by atoms with Gasteiger partial charge in [-0.05, 0) is 44.1 Å².